The molecule has 7 heteroatoms. The third kappa shape index (κ3) is 8.94. The number of ether oxygens (including phenoxy) is 2. The van der Waals surface area contributed by atoms with Crippen LogP contribution < -0.4 is 15.4 Å². The van der Waals surface area contributed by atoms with Crippen molar-refractivity contribution in [3.63, 3.8) is 0 Å². The zero-order valence-corrected chi connectivity index (χ0v) is 25.2. The Morgan fingerprint density at radius 3 is 2.54 bits per heavy atom. The van der Waals surface area contributed by atoms with Gasteiger partial charge in [-0.2, -0.15) is 0 Å². The number of likely N-dealkylation sites (tertiary alicyclic amines) is 1. The molecule has 3 N–H and O–H groups in total. The average molecular weight is 566 g/mol. The van der Waals surface area contributed by atoms with E-state index in [1.807, 2.05) is 66.5 Å². The Kier molecular flexibility index (Phi) is 12.3. The van der Waals surface area contributed by atoms with Crippen LogP contribution in [0.4, 0.5) is 4.79 Å². The van der Waals surface area contributed by atoms with E-state index in [0.29, 0.717) is 37.8 Å². The molecule has 41 heavy (non-hydrogen) atoms. The standard InChI is InChI=1S/C34H51N3O4/c1-35-25-29(24-27-14-5-3-6-15-27)36-33(38)37-22-13-16-28(26-37)34(39,21-11-12-23-40-2)31-19-9-10-20-32(31)41-30-17-7-4-8-18-30/h4,7-10,17-20,27-29,35,39H,3,5-6,11-16,21-26H2,1-2H3,(H,36,38). The first kappa shape index (κ1) is 31.3. The molecule has 1 aliphatic carbocycles. The van der Waals surface area contributed by atoms with E-state index in [0.717, 1.165) is 50.0 Å². The summed E-state index contributed by atoms with van der Waals surface area (Å²) in [5.74, 6) is 1.98. The molecule has 2 aliphatic rings. The number of nitrogens with zero attached hydrogens (tertiary/aromatic N) is 1. The molecular formula is C34H51N3O4. The van der Waals surface area contributed by atoms with Gasteiger partial charge in [0.25, 0.3) is 0 Å². The maximum absolute atomic E-state index is 13.6. The molecule has 2 amide bonds. The fourth-order valence-corrected chi connectivity index (χ4v) is 6.81. The summed E-state index contributed by atoms with van der Waals surface area (Å²) in [6.45, 7) is 2.65. The van der Waals surface area contributed by atoms with Gasteiger partial charge in [0.15, 0.2) is 0 Å². The summed E-state index contributed by atoms with van der Waals surface area (Å²) >= 11 is 0. The number of carbonyl (C=O) groups excluding carboxylic acids is 1. The summed E-state index contributed by atoms with van der Waals surface area (Å²) in [5, 5.41) is 19.2. The van der Waals surface area contributed by atoms with Crippen molar-refractivity contribution < 1.29 is 19.4 Å². The quantitative estimate of drug-likeness (QED) is 0.229. The van der Waals surface area contributed by atoms with Gasteiger partial charge < -0.3 is 30.1 Å². The normalized spacial score (nSPS) is 20.3. The largest absolute Gasteiger partial charge is 0.457 e. The van der Waals surface area contributed by atoms with Gasteiger partial charge in [-0.25, -0.2) is 4.79 Å². The van der Waals surface area contributed by atoms with Crippen LogP contribution >= 0.6 is 0 Å². The Balaban J connectivity index is 1.51. The molecule has 3 unspecified atom stereocenters. The van der Waals surface area contributed by atoms with Gasteiger partial charge in [-0.1, -0.05) is 68.5 Å². The van der Waals surface area contributed by atoms with E-state index in [9.17, 15) is 9.90 Å². The van der Waals surface area contributed by atoms with Crippen LogP contribution in [0.5, 0.6) is 11.5 Å². The number of hydrogen-bond donors (Lipinski definition) is 3. The number of benzene rings is 2. The van der Waals surface area contributed by atoms with Gasteiger partial charge >= 0.3 is 6.03 Å². The van der Waals surface area contributed by atoms with Gasteiger partial charge in [-0.15, -0.1) is 0 Å². The van der Waals surface area contributed by atoms with Crippen molar-refractivity contribution in [1.82, 2.24) is 15.5 Å². The molecule has 2 fully saturated rings. The average Bonchev–Trinajstić information content (AvgIpc) is 3.01. The molecule has 2 aromatic rings. The molecule has 0 spiro atoms. The van der Waals surface area contributed by atoms with Crippen molar-refractivity contribution >= 4 is 6.03 Å². The van der Waals surface area contributed by atoms with E-state index in [-0.39, 0.29) is 18.0 Å². The second-order valence-corrected chi connectivity index (χ2v) is 12.0. The number of methoxy groups -OCH3 is 1. The smallest absolute Gasteiger partial charge is 0.317 e. The molecule has 0 bridgehead atoms. The molecular weight excluding hydrogens is 514 g/mol. The molecule has 1 saturated carbocycles. The van der Waals surface area contributed by atoms with Crippen LogP contribution in [0.3, 0.4) is 0 Å². The summed E-state index contributed by atoms with van der Waals surface area (Å²) in [5.41, 5.74) is -0.344. The summed E-state index contributed by atoms with van der Waals surface area (Å²) in [4.78, 5) is 15.5. The fraction of sp³-hybridized carbons (Fsp3) is 0.618. The zero-order valence-electron chi connectivity index (χ0n) is 25.2. The van der Waals surface area contributed by atoms with Crippen LogP contribution in [0.15, 0.2) is 54.6 Å². The number of rotatable bonds is 14. The highest BCUT2D eigenvalue weighted by Crippen LogP contribution is 2.44. The third-order valence-corrected chi connectivity index (χ3v) is 8.99. The minimum Gasteiger partial charge on any atom is -0.457 e. The summed E-state index contributed by atoms with van der Waals surface area (Å²) in [6.07, 6.45) is 11.5. The van der Waals surface area contributed by atoms with Crippen LogP contribution in [0, 0.1) is 11.8 Å². The van der Waals surface area contributed by atoms with Crippen LogP contribution in [-0.2, 0) is 10.3 Å². The molecule has 2 aromatic carbocycles. The summed E-state index contributed by atoms with van der Waals surface area (Å²) in [7, 11) is 3.66. The van der Waals surface area contributed by atoms with Crippen LogP contribution in [0.2, 0.25) is 0 Å². The molecule has 0 radical (unpaired) electrons. The lowest BCUT2D eigenvalue weighted by atomic mass is 9.73. The second kappa shape index (κ2) is 16.1. The Labute approximate surface area is 247 Å². The second-order valence-electron chi connectivity index (χ2n) is 12.0. The van der Waals surface area contributed by atoms with E-state index in [1.54, 1.807) is 7.11 Å². The first-order valence-corrected chi connectivity index (χ1v) is 15.8. The number of aliphatic hydroxyl groups is 1. The van der Waals surface area contributed by atoms with Gasteiger partial charge in [0, 0.05) is 50.9 Å². The number of para-hydroxylation sites is 2. The Morgan fingerprint density at radius 1 is 1.02 bits per heavy atom. The highest BCUT2D eigenvalue weighted by molar-refractivity contribution is 5.74. The highest BCUT2D eigenvalue weighted by Gasteiger charge is 2.43. The van der Waals surface area contributed by atoms with Gasteiger partial charge in [0.2, 0.25) is 0 Å². The molecule has 1 heterocycles. The minimum absolute atomic E-state index is 0.0127. The maximum atomic E-state index is 13.6. The third-order valence-electron chi connectivity index (χ3n) is 8.99. The fourth-order valence-electron chi connectivity index (χ4n) is 6.81. The number of nitrogens with one attached hydrogen (secondary N) is 2. The van der Waals surface area contributed by atoms with E-state index >= 15 is 0 Å². The van der Waals surface area contributed by atoms with E-state index < -0.39 is 5.60 Å². The number of piperidine rings is 1. The minimum atomic E-state index is -1.13. The monoisotopic (exact) mass is 565 g/mol. The molecule has 226 valence electrons. The van der Waals surface area contributed by atoms with Crippen molar-refractivity contribution in [3.05, 3.63) is 60.2 Å². The summed E-state index contributed by atoms with van der Waals surface area (Å²) < 4.78 is 11.6. The van der Waals surface area contributed by atoms with Gasteiger partial charge in [0.05, 0.1) is 5.60 Å². The van der Waals surface area contributed by atoms with Crippen LogP contribution in [0.1, 0.15) is 76.2 Å². The van der Waals surface area contributed by atoms with E-state index in [2.05, 4.69) is 10.6 Å². The number of unbranched alkanes of at least 4 members (excludes halogenated alkanes) is 1. The predicted octanol–water partition coefficient (Wildman–Crippen LogP) is 6.46. The number of carbonyl (C=O) groups is 1. The first-order valence-electron chi connectivity index (χ1n) is 15.8. The van der Waals surface area contributed by atoms with Crippen LogP contribution in [-0.4, -0.2) is 62.5 Å². The van der Waals surface area contributed by atoms with Gasteiger partial charge in [0.1, 0.15) is 11.5 Å². The number of urea groups is 1. The lowest BCUT2D eigenvalue weighted by Gasteiger charge is -2.43. The van der Waals surface area contributed by atoms with Crippen molar-refractivity contribution in [1.29, 1.82) is 0 Å². The Morgan fingerprint density at radius 2 is 1.78 bits per heavy atom. The van der Waals surface area contributed by atoms with Crippen molar-refractivity contribution in [2.45, 2.75) is 82.3 Å². The molecule has 4 rings (SSSR count). The molecule has 1 saturated heterocycles. The van der Waals surface area contributed by atoms with Crippen molar-refractivity contribution in [3.8, 4) is 11.5 Å². The first-order chi connectivity index (χ1) is 20.0. The SMILES string of the molecule is CNCC(CC1CCCCC1)NC(=O)N1CCCC(C(O)(CCCCOC)c2ccccc2Oc2ccccc2)C1. The lowest BCUT2D eigenvalue weighted by molar-refractivity contribution is -0.0575. The number of likely N-dealkylation sites (N-methyl/N-ethyl adjacent to an activating group) is 1. The van der Waals surface area contributed by atoms with Crippen molar-refractivity contribution in [2.75, 3.05) is 40.4 Å². The molecule has 1 aliphatic heterocycles. The topological polar surface area (TPSA) is 83.1 Å². The maximum Gasteiger partial charge on any atom is 0.317 e. The highest BCUT2D eigenvalue weighted by atomic mass is 16.5. The molecule has 0 aromatic heterocycles. The Bertz CT molecular complexity index is 1050. The molecule has 3 atom stereocenters. The van der Waals surface area contributed by atoms with Crippen molar-refractivity contribution in [2.24, 2.45) is 11.8 Å². The lowest BCUT2D eigenvalue weighted by Crippen LogP contribution is -2.54. The van der Waals surface area contributed by atoms with E-state index in [1.165, 1.54) is 32.1 Å². The number of hydrogen-bond acceptors (Lipinski definition) is 5. The summed E-state index contributed by atoms with van der Waals surface area (Å²) in [6, 6.07) is 17.6. The van der Waals surface area contributed by atoms with Crippen LogP contribution in [0.25, 0.3) is 0 Å². The van der Waals surface area contributed by atoms with E-state index in [4.69, 9.17) is 9.47 Å². The Hall–Kier alpha value is -2.61. The predicted molar refractivity (Wildman–Crippen MR) is 164 cm³/mol. The van der Waals surface area contributed by atoms with Gasteiger partial charge in [-0.05, 0) is 69.7 Å². The number of amides is 2. The molecule has 7 nitrogen and oxygen atoms in total. The zero-order chi connectivity index (χ0) is 28.9. The van der Waals surface area contributed by atoms with Gasteiger partial charge in [-0.3, -0.25) is 0 Å².